The van der Waals surface area contributed by atoms with Crippen LogP contribution < -0.4 is 10.4 Å². The molecule has 1 rings (SSSR count). The molecule has 1 unspecified atom stereocenters. The van der Waals surface area contributed by atoms with E-state index in [-0.39, 0.29) is 29.8 Å². The Labute approximate surface area is 119 Å². The van der Waals surface area contributed by atoms with Gasteiger partial charge < -0.3 is 14.8 Å². The van der Waals surface area contributed by atoms with Crippen LogP contribution in [0, 0.1) is 0 Å². The minimum atomic E-state index is -3.57. The Kier molecular flexibility index (Phi) is 6.22. The molecule has 0 saturated heterocycles. The van der Waals surface area contributed by atoms with Crippen molar-refractivity contribution < 1.29 is 28.9 Å². The molecule has 20 heavy (non-hydrogen) atoms. The van der Waals surface area contributed by atoms with Crippen LogP contribution in [-0.4, -0.2) is 32.7 Å². The average molecular weight is 319 g/mol. The topological polar surface area (TPSA) is 124 Å². The van der Waals surface area contributed by atoms with Crippen LogP contribution in [0.25, 0.3) is 0 Å². The molecule has 1 aromatic carbocycles. The van der Waals surface area contributed by atoms with E-state index >= 15 is 0 Å². The number of hydrogen-bond acceptors (Lipinski definition) is 5. The maximum atomic E-state index is 12.5. The van der Waals surface area contributed by atoms with Gasteiger partial charge in [0.2, 0.25) is 0 Å². The van der Waals surface area contributed by atoms with E-state index in [9.17, 15) is 18.7 Å². The number of rotatable bonds is 8. The molecular formula is C11H14NO6PS. The molecule has 0 aliphatic rings. The van der Waals surface area contributed by atoms with Crippen LogP contribution in [0.4, 0.5) is 0 Å². The molecule has 0 radical (unpaired) electrons. The monoisotopic (exact) mass is 319 g/mol. The van der Waals surface area contributed by atoms with E-state index in [0.717, 1.165) is 0 Å². The third-order valence-corrected chi connectivity index (χ3v) is 5.98. The normalized spacial score (nSPS) is 15.2. The number of hydrogen-bond donors (Lipinski definition) is 4. The molecule has 9 heteroatoms. The highest BCUT2D eigenvalue weighted by molar-refractivity contribution is 8.57. The van der Waals surface area contributed by atoms with E-state index in [2.05, 4.69) is 5.09 Å². The first-order valence-corrected chi connectivity index (χ1v) is 8.69. The summed E-state index contributed by atoms with van der Waals surface area (Å²) in [6, 6.07) is 6.56. The van der Waals surface area contributed by atoms with Crippen LogP contribution >= 0.6 is 18.2 Å². The molecule has 0 bridgehead atoms. The first-order valence-electron chi connectivity index (χ1n) is 5.60. The van der Waals surface area contributed by atoms with E-state index in [1.807, 2.05) is 0 Å². The van der Waals surface area contributed by atoms with Gasteiger partial charge in [-0.25, -0.2) is 5.09 Å². The van der Waals surface area contributed by atoms with Gasteiger partial charge in [0.1, 0.15) is 6.04 Å². The Hall–Kier alpha value is -1.34. The molecule has 4 N–H and O–H groups in total. The molecule has 1 aromatic rings. The number of aliphatic carboxylic acids is 2. The Morgan fingerprint density at radius 1 is 1.25 bits per heavy atom. The van der Waals surface area contributed by atoms with E-state index in [1.54, 1.807) is 18.2 Å². The SMILES string of the molecule is O=C(O)CC[C@H](NP(=O)(SO)c1ccccc1)C(=O)O. The van der Waals surface area contributed by atoms with Crippen LogP contribution in [0.5, 0.6) is 0 Å². The number of carboxylic acids is 2. The van der Waals surface area contributed by atoms with Crippen molar-refractivity contribution in [2.45, 2.75) is 18.9 Å². The fourth-order valence-electron chi connectivity index (χ4n) is 1.49. The van der Waals surface area contributed by atoms with Crippen LogP contribution in [0.1, 0.15) is 12.8 Å². The van der Waals surface area contributed by atoms with Crippen molar-refractivity contribution in [2.24, 2.45) is 0 Å². The summed E-state index contributed by atoms with van der Waals surface area (Å²) in [6.45, 7) is -3.57. The molecule has 0 aromatic heterocycles. The van der Waals surface area contributed by atoms with Crippen molar-refractivity contribution in [3.05, 3.63) is 30.3 Å². The lowest BCUT2D eigenvalue weighted by Gasteiger charge is -2.20. The van der Waals surface area contributed by atoms with Crippen LogP contribution in [0.15, 0.2) is 30.3 Å². The Balaban J connectivity index is 2.91. The first-order chi connectivity index (χ1) is 9.39. The van der Waals surface area contributed by atoms with Gasteiger partial charge in [-0.15, -0.1) is 0 Å². The lowest BCUT2D eigenvalue weighted by atomic mass is 10.2. The van der Waals surface area contributed by atoms with E-state index in [4.69, 9.17) is 10.2 Å². The average Bonchev–Trinajstić information content (AvgIpc) is 2.43. The van der Waals surface area contributed by atoms with Crippen molar-refractivity contribution in [1.29, 1.82) is 0 Å². The van der Waals surface area contributed by atoms with Gasteiger partial charge >= 0.3 is 11.9 Å². The highest BCUT2D eigenvalue weighted by Crippen LogP contribution is 2.52. The van der Waals surface area contributed by atoms with Crippen LogP contribution in [-0.2, 0) is 14.2 Å². The van der Waals surface area contributed by atoms with Gasteiger partial charge in [-0.1, -0.05) is 18.2 Å². The second-order valence-corrected chi connectivity index (χ2v) is 7.99. The van der Waals surface area contributed by atoms with Crippen molar-refractivity contribution >= 4 is 35.4 Å². The molecule has 0 aliphatic heterocycles. The van der Waals surface area contributed by atoms with Gasteiger partial charge in [0.05, 0.1) is 11.7 Å². The first kappa shape index (κ1) is 16.7. The van der Waals surface area contributed by atoms with Gasteiger partial charge in [-0.2, -0.15) is 0 Å². The van der Waals surface area contributed by atoms with Gasteiger partial charge in [0.25, 0.3) is 6.49 Å². The zero-order valence-corrected chi connectivity index (χ0v) is 12.0. The number of nitrogens with one attached hydrogen (secondary N) is 1. The standard InChI is InChI=1S/C11H14NO6PS/c13-10(14)7-6-9(11(15)16)12-19(17,20-18)8-4-2-1-3-5-8/h1-5,9,18H,6-7H2,(H,12,17)(H,13,14)(H,15,16)/t9-,19?/m0/s1. The maximum Gasteiger partial charge on any atom is 0.321 e. The summed E-state index contributed by atoms with van der Waals surface area (Å²) in [5, 5.41) is 20.2. The lowest BCUT2D eigenvalue weighted by Crippen LogP contribution is -2.36. The van der Waals surface area contributed by atoms with Crippen molar-refractivity contribution in [3.63, 3.8) is 0 Å². The molecule has 0 fully saturated rings. The molecule has 0 heterocycles. The Morgan fingerprint density at radius 2 is 1.85 bits per heavy atom. The summed E-state index contributed by atoms with van der Waals surface area (Å²) in [5.41, 5.74) is 0. The Morgan fingerprint density at radius 3 is 2.30 bits per heavy atom. The molecule has 0 saturated carbocycles. The highest BCUT2D eigenvalue weighted by Gasteiger charge is 2.32. The van der Waals surface area contributed by atoms with Crippen molar-refractivity contribution in [3.8, 4) is 0 Å². The van der Waals surface area contributed by atoms with Gasteiger partial charge in [0, 0.05) is 11.7 Å². The van der Waals surface area contributed by atoms with Crippen molar-refractivity contribution in [1.82, 2.24) is 5.09 Å². The summed E-state index contributed by atoms with van der Waals surface area (Å²) in [5.74, 6) is -2.47. The summed E-state index contributed by atoms with van der Waals surface area (Å²) >= 11 is 0.0390. The largest absolute Gasteiger partial charge is 0.481 e. The summed E-state index contributed by atoms with van der Waals surface area (Å²) in [4.78, 5) is 21.6. The summed E-state index contributed by atoms with van der Waals surface area (Å²) in [7, 11) is 0. The quantitative estimate of drug-likeness (QED) is 0.421. The molecule has 0 spiro atoms. The molecule has 7 nitrogen and oxygen atoms in total. The molecule has 0 amide bonds. The van der Waals surface area contributed by atoms with Crippen LogP contribution in [0.3, 0.4) is 0 Å². The summed E-state index contributed by atoms with van der Waals surface area (Å²) in [6.07, 6.45) is -0.614. The smallest absolute Gasteiger partial charge is 0.321 e. The van der Waals surface area contributed by atoms with E-state index in [0.29, 0.717) is 0 Å². The minimum absolute atomic E-state index is 0.0390. The molecule has 110 valence electrons. The second-order valence-electron chi connectivity index (χ2n) is 3.92. The lowest BCUT2D eigenvalue weighted by molar-refractivity contribution is -0.140. The predicted molar refractivity (Wildman–Crippen MR) is 75.3 cm³/mol. The van der Waals surface area contributed by atoms with Gasteiger partial charge in [-0.3, -0.25) is 14.2 Å². The molecule has 0 aliphatic carbocycles. The van der Waals surface area contributed by atoms with E-state index in [1.165, 1.54) is 12.1 Å². The number of carbonyl (C=O) groups is 2. The maximum absolute atomic E-state index is 12.5. The number of carboxylic acid groups (broad SMARTS) is 2. The van der Waals surface area contributed by atoms with Crippen LogP contribution in [0.2, 0.25) is 0 Å². The molecular weight excluding hydrogens is 305 g/mol. The fourth-order valence-corrected chi connectivity index (χ4v) is 4.16. The zero-order valence-electron chi connectivity index (χ0n) is 10.3. The van der Waals surface area contributed by atoms with Crippen molar-refractivity contribution in [2.75, 3.05) is 0 Å². The third-order valence-electron chi connectivity index (χ3n) is 2.48. The minimum Gasteiger partial charge on any atom is -0.481 e. The van der Waals surface area contributed by atoms with Gasteiger partial charge in [-0.05, 0) is 18.6 Å². The summed E-state index contributed by atoms with van der Waals surface area (Å²) < 4.78 is 21.8. The highest BCUT2D eigenvalue weighted by atomic mass is 32.7. The predicted octanol–water partition coefficient (Wildman–Crippen LogP) is 1.62. The molecule has 2 atom stereocenters. The third kappa shape index (κ3) is 4.64. The van der Waals surface area contributed by atoms with Gasteiger partial charge in [0.15, 0.2) is 0 Å². The fraction of sp³-hybridized carbons (Fsp3) is 0.273. The van der Waals surface area contributed by atoms with E-state index < -0.39 is 24.5 Å². The second kappa shape index (κ2) is 7.44. The Bertz CT molecular complexity index is 523. The zero-order chi connectivity index (χ0) is 15.2. The number of benzene rings is 1.